The molecule has 0 atom stereocenters. The van der Waals surface area contributed by atoms with Crippen molar-refractivity contribution >= 4 is 23.2 Å². The minimum absolute atomic E-state index is 0.227. The Bertz CT molecular complexity index is 665. The van der Waals surface area contributed by atoms with Crippen LogP contribution in [0.25, 0.3) is 0 Å². The molecule has 0 bridgehead atoms. The number of carbonyl (C=O) groups is 1. The minimum Gasteiger partial charge on any atom is -0.267 e. The van der Waals surface area contributed by atoms with E-state index in [9.17, 15) is 4.79 Å². The monoisotopic (exact) mass is 286 g/mol. The van der Waals surface area contributed by atoms with Gasteiger partial charge in [0.15, 0.2) is 0 Å². The number of nitrogens with one attached hydrogen (secondary N) is 1. The van der Waals surface area contributed by atoms with Crippen LogP contribution in [0.15, 0.2) is 53.6 Å². The standard InChI is InChI=1S/C16H15ClN2O/c1-11-7-3-4-8-13(11)16(20)19-18-12(2)14-9-5-6-10-15(14)17/h3-10H,1-2H3,(H,19,20)/b18-12+. The molecule has 0 aliphatic heterocycles. The summed E-state index contributed by atoms with van der Waals surface area (Å²) in [7, 11) is 0. The number of hydrogen-bond donors (Lipinski definition) is 1. The minimum atomic E-state index is -0.227. The molecule has 102 valence electrons. The van der Waals surface area contributed by atoms with Crippen molar-refractivity contribution in [2.24, 2.45) is 5.10 Å². The maximum Gasteiger partial charge on any atom is 0.271 e. The van der Waals surface area contributed by atoms with Crippen molar-refractivity contribution in [3.8, 4) is 0 Å². The van der Waals surface area contributed by atoms with Crippen molar-refractivity contribution < 1.29 is 4.79 Å². The fourth-order valence-corrected chi connectivity index (χ4v) is 2.11. The van der Waals surface area contributed by atoms with Crippen LogP contribution in [-0.2, 0) is 0 Å². The van der Waals surface area contributed by atoms with Gasteiger partial charge in [-0.1, -0.05) is 48.0 Å². The first-order valence-electron chi connectivity index (χ1n) is 6.25. The van der Waals surface area contributed by atoms with Gasteiger partial charge in [0.1, 0.15) is 0 Å². The van der Waals surface area contributed by atoms with Crippen molar-refractivity contribution in [2.45, 2.75) is 13.8 Å². The Kier molecular flexibility index (Phi) is 4.53. The topological polar surface area (TPSA) is 41.5 Å². The summed E-state index contributed by atoms with van der Waals surface area (Å²) in [6.45, 7) is 3.69. The van der Waals surface area contributed by atoms with Gasteiger partial charge >= 0.3 is 0 Å². The summed E-state index contributed by atoms with van der Waals surface area (Å²) in [6, 6.07) is 14.8. The highest BCUT2D eigenvalue weighted by molar-refractivity contribution is 6.34. The van der Waals surface area contributed by atoms with Gasteiger partial charge in [-0.15, -0.1) is 0 Å². The van der Waals surface area contributed by atoms with Crippen molar-refractivity contribution in [1.82, 2.24) is 5.43 Å². The van der Waals surface area contributed by atoms with E-state index in [1.807, 2.05) is 43.3 Å². The third-order valence-electron chi connectivity index (χ3n) is 2.98. The Hall–Kier alpha value is -2.13. The largest absolute Gasteiger partial charge is 0.271 e. The van der Waals surface area contributed by atoms with E-state index in [4.69, 9.17) is 11.6 Å². The molecule has 0 unspecified atom stereocenters. The highest BCUT2D eigenvalue weighted by atomic mass is 35.5. The second-order valence-corrected chi connectivity index (χ2v) is 4.84. The van der Waals surface area contributed by atoms with E-state index in [1.165, 1.54) is 0 Å². The van der Waals surface area contributed by atoms with Crippen molar-refractivity contribution in [3.05, 3.63) is 70.2 Å². The third kappa shape index (κ3) is 3.25. The van der Waals surface area contributed by atoms with Gasteiger partial charge in [-0.05, 0) is 31.5 Å². The van der Waals surface area contributed by atoms with Gasteiger partial charge in [0.2, 0.25) is 0 Å². The predicted molar refractivity (Wildman–Crippen MR) is 82.3 cm³/mol. The van der Waals surface area contributed by atoms with E-state index in [0.717, 1.165) is 11.1 Å². The summed E-state index contributed by atoms with van der Waals surface area (Å²) in [5.41, 5.74) is 5.55. The number of aryl methyl sites for hydroxylation is 1. The molecule has 0 aliphatic rings. The summed E-state index contributed by atoms with van der Waals surface area (Å²) in [6.07, 6.45) is 0. The summed E-state index contributed by atoms with van der Waals surface area (Å²) in [4.78, 5) is 12.0. The molecule has 0 aliphatic carbocycles. The second-order valence-electron chi connectivity index (χ2n) is 4.43. The molecule has 2 rings (SSSR count). The molecule has 1 amide bonds. The van der Waals surface area contributed by atoms with Gasteiger partial charge in [-0.3, -0.25) is 4.79 Å². The lowest BCUT2D eigenvalue weighted by atomic mass is 10.1. The molecule has 2 aromatic carbocycles. The molecule has 3 nitrogen and oxygen atoms in total. The molecular formula is C16H15ClN2O. The van der Waals surface area contributed by atoms with Crippen molar-refractivity contribution in [1.29, 1.82) is 0 Å². The first-order chi connectivity index (χ1) is 9.59. The molecule has 0 saturated carbocycles. The Morgan fingerprint density at radius 2 is 1.65 bits per heavy atom. The van der Waals surface area contributed by atoms with Gasteiger partial charge < -0.3 is 0 Å². The molecule has 0 fully saturated rings. The highest BCUT2D eigenvalue weighted by Gasteiger charge is 2.08. The van der Waals surface area contributed by atoms with Gasteiger partial charge in [0.05, 0.1) is 5.71 Å². The number of halogens is 1. The lowest BCUT2D eigenvalue weighted by molar-refractivity contribution is 0.0954. The zero-order valence-corrected chi connectivity index (χ0v) is 12.1. The van der Waals surface area contributed by atoms with Gasteiger partial charge in [0, 0.05) is 16.1 Å². The summed E-state index contributed by atoms with van der Waals surface area (Å²) >= 11 is 6.08. The number of benzene rings is 2. The number of nitrogens with zero attached hydrogens (tertiary/aromatic N) is 1. The van der Waals surface area contributed by atoms with E-state index in [-0.39, 0.29) is 5.91 Å². The number of carbonyl (C=O) groups excluding carboxylic acids is 1. The zero-order chi connectivity index (χ0) is 14.5. The van der Waals surface area contributed by atoms with E-state index >= 15 is 0 Å². The SMILES string of the molecule is C/C(=N\NC(=O)c1ccccc1C)c1ccccc1Cl. The first kappa shape index (κ1) is 14.3. The van der Waals surface area contributed by atoms with E-state index < -0.39 is 0 Å². The van der Waals surface area contributed by atoms with Crippen LogP contribution in [0.1, 0.15) is 28.4 Å². The van der Waals surface area contributed by atoms with E-state index in [0.29, 0.717) is 16.3 Å². The Morgan fingerprint density at radius 3 is 2.30 bits per heavy atom. The average molecular weight is 287 g/mol. The molecule has 0 saturated heterocycles. The van der Waals surface area contributed by atoms with Gasteiger partial charge in [-0.25, -0.2) is 5.43 Å². The molecule has 4 heteroatoms. The Morgan fingerprint density at radius 1 is 1.05 bits per heavy atom. The fourth-order valence-electron chi connectivity index (χ4n) is 1.84. The lowest BCUT2D eigenvalue weighted by Crippen LogP contribution is -2.20. The molecule has 20 heavy (non-hydrogen) atoms. The van der Waals surface area contributed by atoms with Gasteiger partial charge in [0.25, 0.3) is 5.91 Å². The van der Waals surface area contributed by atoms with Crippen LogP contribution >= 0.6 is 11.6 Å². The molecule has 2 aromatic rings. The molecule has 1 N–H and O–H groups in total. The Balaban J connectivity index is 2.16. The van der Waals surface area contributed by atoms with Crippen LogP contribution in [0.4, 0.5) is 0 Å². The quantitative estimate of drug-likeness (QED) is 0.677. The van der Waals surface area contributed by atoms with Gasteiger partial charge in [-0.2, -0.15) is 5.10 Å². The first-order valence-corrected chi connectivity index (χ1v) is 6.62. The van der Waals surface area contributed by atoms with Crippen LogP contribution in [0, 0.1) is 6.92 Å². The number of hydrazone groups is 1. The molecular weight excluding hydrogens is 272 g/mol. The normalized spacial score (nSPS) is 11.2. The molecule has 0 spiro atoms. The van der Waals surface area contributed by atoms with Crippen LogP contribution < -0.4 is 5.43 Å². The lowest BCUT2D eigenvalue weighted by Gasteiger charge is -2.06. The third-order valence-corrected chi connectivity index (χ3v) is 3.31. The molecule has 0 radical (unpaired) electrons. The highest BCUT2D eigenvalue weighted by Crippen LogP contribution is 2.15. The number of hydrogen-bond acceptors (Lipinski definition) is 2. The second kappa shape index (κ2) is 6.35. The van der Waals surface area contributed by atoms with Crippen LogP contribution in [0.3, 0.4) is 0 Å². The smallest absolute Gasteiger partial charge is 0.267 e. The Labute approximate surface area is 123 Å². The van der Waals surface area contributed by atoms with E-state index in [1.54, 1.807) is 19.1 Å². The van der Waals surface area contributed by atoms with Crippen LogP contribution in [0.5, 0.6) is 0 Å². The number of amides is 1. The zero-order valence-electron chi connectivity index (χ0n) is 11.4. The summed E-state index contributed by atoms with van der Waals surface area (Å²) in [5, 5.41) is 4.72. The number of rotatable bonds is 3. The van der Waals surface area contributed by atoms with Crippen molar-refractivity contribution in [3.63, 3.8) is 0 Å². The predicted octanol–water partition coefficient (Wildman–Crippen LogP) is 3.80. The summed E-state index contributed by atoms with van der Waals surface area (Å²) in [5.74, 6) is -0.227. The summed E-state index contributed by atoms with van der Waals surface area (Å²) < 4.78 is 0. The van der Waals surface area contributed by atoms with E-state index in [2.05, 4.69) is 10.5 Å². The van der Waals surface area contributed by atoms with Crippen molar-refractivity contribution in [2.75, 3.05) is 0 Å². The fraction of sp³-hybridized carbons (Fsp3) is 0.125. The maximum atomic E-state index is 12.0. The van der Waals surface area contributed by atoms with Crippen LogP contribution in [0.2, 0.25) is 5.02 Å². The molecule has 0 heterocycles. The maximum absolute atomic E-state index is 12.0. The van der Waals surface area contributed by atoms with Crippen LogP contribution in [-0.4, -0.2) is 11.6 Å². The molecule has 0 aromatic heterocycles. The average Bonchev–Trinajstić information content (AvgIpc) is 2.45.